The first kappa shape index (κ1) is 26.2. The molecule has 7 nitrogen and oxygen atoms in total. The van der Waals surface area contributed by atoms with Gasteiger partial charge in [-0.1, -0.05) is 17.7 Å². The van der Waals surface area contributed by atoms with Gasteiger partial charge in [0.05, 0.1) is 17.8 Å². The van der Waals surface area contributed by atoms with Crippen LogP contribution in [-0.2, 0) is 17.9 Å². The molecule has 0 spiro atoms. The van der Waals surface area contributed by atoms with E-state index in [4.69, 9.17) is 17.3 Å². The van der Waals surface area contributed by atoms with Crippen LogP contribution in [0.3, 0.4) is 0 Å². The Morgan fingerprint density at radius 2 is 1.67 bits per heavy atom. The Labute approximate surface area is 213 Å². The Morgan fingerprint density at radius 3 is 2.36 bits per heavy atom. The van der Waals surface area contributed by atoms with Crippen LogP contribution >= 0.6 is 11.6 Å². The van der Waals surface area contributed by atoms with E-state index < -0.39 is 12.6 Å². The van der Waals surface area contributed by atoms with Crippen molar-refractivity contribution in [3.8, 4) is 0 Å². The molecule has 0 bridgehead atoms. The third-order valence-electron chi connectivity index (χ3n) is 6.56. The summed E-state index contributed by atoms with van der Waals surface area (Å²) in [5, 5.41) is 3.48. The minimum absolute atomic E-state index is 0.0191. The van der Waals surface area contributed by atoms with Crippen molar-refractivity contribution in [1.82, 2.24) is 9.80 Å². The molecule has 0 aliphatic carbocycles. The van der Waals surface area contributed by atoms with Crippen LogP contribution in [0.25, 0.3) is 0 Å². The molecule has 0 aromatic heterocycles. The highest BCUT2D eigenvalue weighted by molar-refractivity contribution is 6.31. The number of carbonyl (C=O) groups excluding carboxylic acids is 2. The van der Waals surface area contributed by atoms with Crippen LogP contribution in [0.15, 0.2) is 36.4 Å². The van der Waals surface area contributed by atoms with Crippen LogP contribution in [0.5, 0.6) is 0 Å². The molecule has 0 radical (unpaired) electrons. The van der Waals surface area contributed by atoms with E-state index in [1.165, 1.54) is 0 Å². The highest BCUT2D eigenvalue weighted by Crippen LogP contribution is 2.31. The normalized spacial score (nSPS) is 16.7. The average molecular weight is 524 g/mol. The molecule has 2 aliphatic rings. The summed E-state index contributed by atoms with van der Waals surface area (Å²) in [7, 11) is 0. The van der Waals surface area contributed by atoms with Crippen molar-refractivity contribution in [3.63, 3.8) is 0 Å². The smallest absolute Gasteiger partial charge is 0.370 e. The van der Waals surface area contributed by atoms with Crippen LogP contribution in [0.1, 0.15) is 34.3 Å². The van der Waals surface area contributed by atoms with Crippen molar-refractivity contribution in [3.05, 3.63) is 58.1 Å². The molecular weight excluding hydrogens is 495 g/mol. The SMILES string of the molecule is NC(=O)CCN1Cc2ccc(C(=O)Nc3ccc(Cl)cc3N3CCN(CCC(F)(F)F)CC3)cc2C1. The van der Waals surface area contributed by atoms with Crippen molar-refractivity contribution in [2.24, 2.45) is 5.73 Å². The fourth-order valence-electron chi connectivity index (χ4n) is 4.60. The zero-order chi connectivity index (χ0) is 25.9. The fourth-order valence-corrected chi connectivity index (χ4v) is 4.76. The maximum atomic E-state index is 13.1. The molecule has 1 fully saturated rings. The van der Waals surface area contributed by atoms with Crippen molar-refractivity contribution in [2.45, 2.75) is 32.1 Å². The molecule has 0 saturated carbocycles. The van der Waals surface area contributed by atoms with E-state index in [2.05, 4.69) is 10.2 Å². The number of anilines is 2. The molecule has 2 amide bonds. The second-order valence-corrected chi connectivity index (χ2v) is 9.66. The van der Waals surface area contributed by atoms with Gasteiger partial charge >= 0.3 is 6.18 Å². The summed E-state index contributed by atoms with van der Waals surface area (Å²) in [6.45, 7) is 3.95. The Balaban J connectivity index is 1.40. The standard InChI is InChI=1S/C25H29ClF3N5O2/c26-20-3-4-21(22(14-20)34-11-9-32(10-12-34)8-6-25(27,28)29)31-24(36)17-1-2-18-15-33(7-5-23(30)35)16-19(18)13-17/h1-4,13-14H,5-12,15-16H2,(H2,30,35)(H,31,36). The number of benzene rings is 2. The number of fused-ring (bicyclic) bond motifs is 1. The number of halogens is 4. The molecular formula is C25H29ClF3N5O2. The maximum absolute atomic E-state index is 13.1. The first-order valence-electron chi connectivity index (χ1n) is 11.8. The van der Waals surface area contributed by atoms with Gasteiger partial charge in [0, 0.05) is 69.4 Å². The highest BCUT2D eigenvalue weighted by atomic mass is 35.5. The van der Waals surface area contributed by atoms with Crippen LogP contribution < -0.4 is 16.0 Å². The van der Waals surface area contributed by atoms with E-state index in [-0.39, 0.29) is 24.8 Å². The first-order chi connectivity index (χ1) is 17.1. The van der Waals surface area contributed by atoms with Crippen molar-refractivity contribution < 1.29 is 22.8 Å². The number of piperazine rings is 1. The number of hydrogen-bond donors (Lipinski definition) is 2. The van der Waals surface area contributed by atoms with Gasteiger partial charge in [0.2, 0.25) is 5.91 Å². The number of hydrogen-bond acceptors (Lipinski definition) is 5. The summed E-state index contributed by atoms with van der Waals surface area (Å²) in [6.07, 6.45) is -4.70. The maximum Gasteiger partial charge on any atom is 0.390 e. The molecule has 0 unspecified atom stereocenters. The first-order valence-corrected chi connectivity index (χ1v) is 12.2. The Morgan fingerprint density at radius 1 is 0.944 bits per heavy atom. The van der Waals surface area contributed by atoms with E-state index in [0.29, 0.717) is 62.1 Å². The number of carbonyl (C=O) groups is 2. The molecule has 0 atom stereocenters. The van der Waals surface area contributed by atoms with Crippen LogP contribution in [0.2, 0.25) is 5.02 Å². The topological polar surface area (TPSA) is 81.9 Å². The number of nitrogens with zero attached hydrogens (tertiary/aromatic N) is 3. The lowest BCUT2D eigenvalue weighted by Gasteiger charge is -2.37. The Kier molecular flexibility index (Phi) is 8.07. The summed E-state index contributed by atoms with van der Waals surface area (Å²) < 4.78 is 37.7. The lowest BCUT2D eigenvalue weighted by atomic mass is 10.1. The number of rotatable bonds is 8. The van der Waals surface area contributed by atoms with Gasteiger partial charge in [-0.3, -0.25) is 19.4 Å². The minimum Gasteiger partial charge on any atom is -0.370 e. The van der Waals surface area contributed by atoms with E-state index >= 15 is 0 Å². The molecule has 4 rings (SSSR count). The largest absolute Gasteiger partial charge is 0.390 e. The van der Waals surface area contributed by atoms with E-state index in [0.717, 1.165) is 16.8 Å². The monoisotopic (exact) mass is 523 g/mol. The number of alkyl halides is 3. The predicted octanol–water partition coefficient (Wildman–Crippen LogP) is 3.86. The predicted molar refractivity (Wildman–Crippen MR) is 133 cm³/mol. The van der Waals surface area contributed by atoms with Gasteiger partial charge in [0.1, 0.15) is 0 Å². The molecule has 2 aromatic carbocycles. The van der Waals surface area contributed by atoms with Crippen LogP contribution in [-0.4, -0.2) is 67.1 Å². The van der Waals surface area contributed by atoms with Gasteiger partial charge in [-0.25, -0.2) is 0 Å². The quantitative estimate of drug-likeness (QED) is 0.549. The lowest BCUT2D eigenvalue weighted by molar-refractivity contribution is -0.138. The summed E-state index contributed by atoms with van der Waals surface area (Å²) in [4.78, 5) is 30.1. The van der Waals surface area contributed by atoms with E-state index in [9.17, 15) is 22.8 Å². The summed E-state index contributed by atoms with van der Waals surface area (Å²) in [6, 6.07) is 10.8. The van der Waals surface area contributed by atoms with Crippen molar-refractivity contribution >= 4 is 34.8 Å². The molecule has 11 heteroatoms. The fraction of sp³-hybridized carbons (Fsp3) is 0.440. The van der Waals surface area contributed by atoms with Gasteiger partial charge in [-0.05, 0) is 41.5 Å². The third kappa shape index (κ3) is 6.89. The minimum atomic E-state index is -4.17. The van der Waals surface area contributed by atoms with Crippen molar-refractivity contribution in [1.29, 1.82) is 0 Å². The van der Waals surface area contributed by atoms with E-state index in [1.807, 2.05) is 17.0 Å². The summed E-state index contributed by atoms with van der Waals surface area (Å²) >= 11 is 6.23. The van der Waals surface area contributed by atoms with Gasteiger partial charge in [-0.15, -0.1) is 0 Å². The Hall–Kier alpha value is -2.82. The van der Waals surface area contributed by atoms with Crippen molar-refractivity contribution in [2.75, 3.05) is 49.5 Å². The molecule has 2 aromatic rings. The second kappa shape index (κ2) is 11.1. The van der Waals surface area contributed by atoms with E-state index in [1.54, 1.807) is 29.2 Å². The van der Waals surface area contributed by atoms with Gasteiger partial charge in [-0.2, -0.15) is 13.2 Å². The van der Waals surface area contributed by atoms with Gasteiger partial charge in [0.15, 0.2) is 0 Å². The van der Waals surface area contributed by atoms with Crippen LogP contribution in [0.4, 0.5) is 24.5 Å². The number of amides is 2. The average Bonchev–Trinajstić information content (AvgIpc) is 3.25. The number of nitrogens with one attached hydrogen (secondary N) is 1. The van der Waals surface area contributed by atoms with Crippen LogP contribution in [0, 0.1) is 0 Å². The molecule has 2 aliphatic heterocycles. The number of primary amides is 1. The zero-order valence-electron chi connectivity index (χ0n) is 19.8. The van der Waals surface area contributed by atoms with Gasteiger partial charge in [0.25, 0.3) is 5.91 Å². The van der Waals surface area contributed by atoms with Gasteiger partial charge < -0.3 is 16.0 Å². The number of nitrogens with two attached hydrogens (primary N) is 1. The molecule has 1 saturated heterocycles. The molecule has 2 heterocycles. The molecule has 3 N–H and O–H groups in total. The third-order valence-corrected chi connectivity index (χ3v) is 6.80. The second-order valence-electron chi connectivity index (χ2n) is 9.22. The lowest BCUT2D eigenvalue weighted by Crippen LogP contribution is -2.47. The zero-order valence-corrected chi connectivity index (χ0v) is 20.5. The molecule has 194 valence electrons. The highest BCUT2D eigenvalue weighted by Gasteiger charge is 2.29. The Bertz CT molecular complexity index is 1120. The molecule has 36 heavy (non-hydrogen) atoms. The summed E-state index contributed by atoms with van der Waals surface area (Å²) in [5.74, 6) is -0.603. The summed E-state index contributed by atoms with van der Waals surface area (Å²) in [5.41, 5.74) is 9.26.